The van der Waals surface area contributed by atoms with Crippen LogP contribution in [0.3, 0.4) is 0 Å². The number of ether oxygens (including phenoxy) is 1. The van der Waals surface area contributed by atoms with E-state index in [-0.39, 0.29) is 11.6 Å². The van der Waals surface area contributed by atoms with Crippen molar-refractivity contribution in [3.8, 4) is 5.75 Å². The number of nitrogens with zero attached hydrogens (tertiary/aromatic N) is 1. The Balaban J connectivity index is 1.55. The molecule has 1 aliphatic carbocycles. The molecule has 1 saturated heterocycles. The van der Waals surface area contributed by atoms with Crippen molar-refractivity contribution in [3.05, 3.63) is 30.3 Å². The van der Waals surface area contributed by atoms with Crippen LogP contribution in [0.2, 0.25) is 0 Å². The molecular weight excluding hydrogens is 216 g/mol. The van der Waals surface area contributed by atoms with Gasteiger partial charge in [-0.2, -0.15) is 0 Å². The van der Waals surface area contributed by atoms with Gasteiger partial charge in [-0.3, -0.25) is 0 Å². The lowest BCUT2D eigenvalue weighted by Gasteiger charge is -2.47. The van der Waals surface area contributed by atoms with Crippen molar-refractivity contribution in [2.24, 2.45) is 11.7 Å². The van der Waals surface area contributed by atoms with E-state index in [1.807, 2.05) is 18.2 Å². The Kier molecular flexibility index (Phi) is 2.33. The van der Waals surface area contributed by atoms with E-state index >= 15 is 0 Å². The van der Waals surface area contributed by atoms with Crippen molar-refractivity contribution in [1.29, 1.82) is 0 Å². The third-order valence-electron chi connectivity index (χ3n) is 3.57. The number of hydrogen-bond acceptors (Lipinski definition) is 3. The van der Waals surface area contributed by atoms with Gasteiger partial charge in [0.1, 0.15) is 5.75 Å². The van der Waals surface area contributed by atoms with Gasteiger partial charge >= 0.3 is 6.09 Å². The van der Waals surface area contributed by atoms with Crippen LogP contribution in [0, 0.1) is 5.92 Å². The number of amides is 1. The quantitative estimate of drug-likeness (QED) is 0.842. The highest BCUT2D eigenvalue weighted by molar-refractivity contribution is 5.72. The number of para-hydroxylation sites is 1. The minimum absolute atomic E-state index is 0.143. The van der Waals surface area contributed by atoms with Gasteiger partial charge < -0.3 is 15.4 Å². The first-order valence-electron chi connectivity index (χ1n) is 5.98. The minimum atomic E-state index is -0.294. The van der Waals surface area contributed by atoms with Gasteiger partial charge in [-0.05, 0) is 30.9 Å². The molecule has 0 atom stereocenters. The molecule has 0 unspecified atom stereocenters. The van der Waals surface area contributed by atoms with Crippen molar-refractivity contribution in [2.75, 3.05) is 13.1 Å². The molecule has 1 amide bonds. The normalized spacial score (nSPS) is 21.8. The Morgan fingerprint density at radius 1 is 1.29 bits per heavy atom. The van der Waals surface area contributed by atoms with Crippen LogP contribution in [0.1, 0.15) is 12.8 Å². The summed E-state index contributed by atoms with van der Waals surface area (Å²) in [6.45, 7) is 1.26. The molecule has 17 heavy (non-hydrogen) atoms. The van der Waals surface area contributed by atoms with Gasteiger partial charge in [-0.15, -0.1) is 0 Å². The van der Waals surface area contributed by atoms with E-state index in [0.717, 1.165) is 0 Å². The largest absolute Gasteiger partial charge is 0.415 e. The number of rotatable bonds is 2. The first kappa shape index (κ1) is 10.6. The monoisotopic (exact) mass is 232 g/mol. The van der Waals surface area contributed by atoms with E-state index in [9.17, 15) is 4.79 Å². The average molecular weight is 232 g/mol. The molecule has 0 spiro atoms. The Bertz CT molecular complexity index is 422. The van der Waals surface area contributed by atoms with Crippen LogP contribution >= 0.6 is 0 Å². The van der Waals surface area contributed by atoms with Gasteiger partial charge in [0.2, 0.25) is 0 Å². The maximum atomic E-state index is 11.8. The predicted molar refractivity (Wildman–Crippen MR) is 63.7 cm³/mol. The van der Waals surface area contributed by atoms with Crippen molar-refractivity contribution >= 4 is 6.09 Å². The highest BCUT2D eigenvalue weighted by atomic mass is 16.6. The van der Waals surface area contributed by atoms with Gasteiger partial charge in [0, 0.05) is 13.1 Å². The number of benzene rings is 1. The fourth-order valence-corrected chi connectivity index (χ4v) is 2.36. The van der Waals surface area contributed by atoms with Crippen LogP contribution in [-0.2, 0) is 0 Å². The van der Waals surface area contributed by atoms with E-state index < -0.39 is 0 Å². The number of likely N-dealkylation sites (tertiary alicyclic amines) is 1. The maximum Gasteiger partial charge on any atom is 0.415 e. The van der Waals surface area contributed by atoms with Crippen LogP contribution in [0.4, 0.5) is 4.79 Å². The third kappa shape index (κ3) is 2.00. The molecule has 0 bridgehead atoms. The second-order valence-electron chi connectivity index (χ2n) is 5.04. The first-order chi connectivity index (χ1) is 8.17. The number of hydrogen-bond donors (Lipinski definition) is 1. The summed E-state index contributed by atoms with van der Waals surface area (Å²) in [5, 5.41) is 0. The van der Waals surface area contributed by atoms with Crippen molar-refractivity contribution in [2.45, 2.75) is 18.4 Å². The van der Waals surface area contributed by atoms with Crippen LogP contribution in [0.5, 0.6) is 5.75 Å². The van der Waals surface area contributed by atoms with Crippen LogP contribution in [0.15, 0.2) is 30.3 Å². The SMILES string of the molecule is NC1(C2CC2)CN(C(=O)Oc2ccccc2)C1. The molecule has 0 aromatic heterocycles. The van der Waals surface area contributed by atoms with E-state index in [4.69, 9.17) is 10.5 Å². The Labute approximate surface area is 100 Å². The molecule has 4 nitrogen and oxygen atoms in total. The lowest BCUT2D eigenvalue weighted by molar-refractivity contribution is 0.0572. The molecule has 1 saturated carbocycles. The molecule has 2 aliphatic rings. The lowest BCUT2D eigenvalue weighted by atomic mass is 9.86. The Morgan fingerprint density at radius 2 is 1.94 bits per heavy atom. The highest BCUT2D eigenvalue weighted by Gasteiger charge is 2.52. The molecule has 0 radical (unpaired) electrons. The molecule has 1 heterocycles. The van der Waals surface area contributed by atoms with Crippen molar-refractivity contribution < 1.29 is 9.53 Å². The van der Waals surface area contributed by atoms with E-state index in [0.29, 0.717) is 24.8 Å². The molecule has 1 aromatic carbocycles. The number of carbonyl (C=O) groups is 1. The van der Waals surface area contributed by atoms with Gasteiger partial charge in [-0.25, -0.2) is 4.79 Å². The highest BCUT2D eigenvalue weighted by Crippen LogP contribution is 2.43. The zero-order chi connectivity index (χ0) is 11.9. The summed E-state index contributed by atoms with van der Waals surface area (Å²) >= 11 is 0. The summed E-state index contributed by atoms with van der Waals surface area (Å²) in [6.07, 6.45) is 2.12. The zero-order valence-electron chi connectivity index (χ0n) is 9.63. The van der Waals surface area contributed by atoms with Gasteiger partial charge in [0.05, 0.1) is 5.54 Å². The predicted octanol–water partition coefficient (Wildman–Crippen LogP) is 1.61. The van der Waals surface area contributed by atoms with E-state index in [2.05, 4.69) is 0 Å². The molecule has 2 fully saturated rings. The topological polar surface area (TPSA) is 55.6 Å². The van der Waals surface area contributed by atoms with E-state index in [1.165, 1.54) is 12.8 Å². The van der Waals surface area contributed by atoms with Crippen molar-refractivity contribution in [1.82, 2.24) is 4.90 Å². The number of carbonyl (C=O) groups excluding carboxylic acids is 1. The summed E-state index contributed by atoms with van der Waals surface area (Å²) in [7, 11) is 0. The van der Waals surface area contributed by atoms with Crippen LogP contribution in [-0.4, -0.2) is 29.6 Å². The molecule has 1 aromatic rings. The average Bonchev–Trinajstić information content (AvgIpc) is 3.10. The standard InChI is InChI=1S/C13H16N2O2/c14-13(10-6-7-10)8-15(9-13)12(16)17-11-4-2-1-3-5-11/h1-5,10H,6-9,14H2. The third-order valence-corrected chi connectivity index (χ3v) is 3.57. The summed E-state index contributed by atoms with van der Waals surface area (Å²) in [4.78, 5) is 13.4. The molecular formula is C13H16N2O2. The fraction of sp³-hybridized carbons (Fsp3) is 0.462. The van der Waals surface area contributed by atoms with Gasteiger partial charge in [0.15, 0.2) is 0 Å². The van der Waals surface area contributed by atoms with Gasteiger partial charge in [-0.1, -0.05) is 18.2 Å². The molecule has 90 valence electrons. The van der Waals surface area contributed by atoms with Crippen molar-refractivity contribution in [3.63, 3.8) is 0 Å². The maximum absolute atomic E-state index is 11.8. The minimum Gasteiger partial charge on any atom is -0.410 e. The van der Waals surface area contributed by atoms with Crippen LogP contribution < -0.4 is 10.5 Å². The zero-order valence-corrected chi connectivity index (χ0v) is 9.63. The summed E-state index contributed by atoms with van der Waals surface area (Å²) in [5.74, 6) is 1.20. The summed E-state index contributed by atoms with van der Waals surface area (Å²) < 4.78 is 5.24. The van der Waals surface area contributed by atoms with Crippen LogP contribution in [0.25, 0.3) is 0 Å². The number of nitrogens with two attached hydrogens (primary N) is 1. The Morgan fingerprint density at radius 3 is 2.53 bits per heavy atom. The van der Waals surface area contributed by atoms with Gasteiger partial charge in [0.25, 0.3) is 0 Å². The molecule has 2 N–H and O–H groups in total. The first-order valence-corrected chi connectivity index (χ1v) is 5.98. The second kappa shape index (κ2) is 3.74. The smallest absolute Gasteiger partial charge is 0.410 e. The lowest BCUT2D eigenvalue weighted by Crippen LogP contribution is -2.70. The summed E-state index contributed by atoms with van der Waals surface area (Å²) in [5.41, 5.74) is 6.04. The fourth-order valence-electron chi connectivity index (χ4n) is 2.36. The van der Waals surface area contributed by atoms with E-state index in [1.54, 1.807) is 17.0 Å². The Hall–Kier alpha value is -1.55. The molecule has 1 aliphatic heterocycles. The molecule has 4 heteroatoms. The summed E-state index contributed by atoms with van der Waals surface area (Å²) in [6, 6.07) is 9.12. The second-order valence-corrected chi connectivity index (χ2v) is 5.04. The molecule has 3 rings (SSSR count).